The van der Waals surface area contributed by atoms with E-state index in [0.29, 0.717) is 5.92 Å². The fourth-order valence-electron chi connectivity index (χ4n) is 5.47. The Hall–Kier alpha value is -1.52. The topological polar surface area (TPSA) is 61.8 Å². The molecule has 0 amide bonds. The van der Waals surface area contributed by atoms with Crippen LogP contribution < -0.4 is 0 Å². The second-order valence-corrected chi connectivity index (χ2v) is 8.44. The van der Waals surface area contributed by atoms with Gasteiger partial charge in [0.1, 0.15) is 6.10 Å². The average molecular weight is 336 g/mol. The molecule has 24 heavy (non-hydrogen) atoms. The van der Waals surface area contributed by atoms with Gasteiger partial charge in [-0.1, -0.05) is 27.2 Å². The monoisotopic (exact) mass is 336 g/mol. The summed E-state index contributed by atoms with van der Waals surface area (Å²) in [5.74, 6) is -0.304. The van der Waals surface area contributed by atoms with Crippen LogP contribution in [0.2, 0.25) is 0 Å². The molecule has 5 nitrogen and oxygen atoms in total. The summed E-state index contributed by atoms with van der Waals surface area (Å²) in [5.41, 5.74) is 1.09. The van der Waals surface area contributed by atoms with Crippen LogP contribution in [0.25, 0.3) is 0 Å². The van der Waals surface area contributed by atoms with Gasteiger partial charge in [0.05, 0.1) is 12.2 Å². The lowest BCUT2D eigenvalue weighted by molar-refractivity contribution is -0.193. The van der Waals surface area contributed by atoms with Crippen molar-refractivity contribution in [1.82, 2.24) is 0 Å². The molecule has 2 aliphatic carbocycles. The Morgan fingerprint density at radius 1 is 1.12 bits per heavy atom. The van der Waals surface area contributed by atoms with E-state index in [1.165, 1.54) is 13.8 Å². The van der Waals surface area contributed by atoms with Crippen LogP contribution in [0.15, 0.2) is 11.8 Å². The lowest BCUT2D eigenvalue weighted by atomic mass is 9.47. The third-order valence-corrected chi connectivity index (χ3v) is 6.37. The first-order valence-electron chi connectivity index (χ1n) is 8.85. The van der Waals surface area contributed by atoms with Gasteiger partial charge in [-0.25, -0.2) is 0 Å². The fraction of sp³-hybridized carbons (Fsp3) is 0.789. The van der Waals surface area contributed by atoms with Crippen molar-refractivity contribution in [3.05, 3.63) is 11.8 Å². The van der Waals surface area contributed by atoms with Crippen molar-refractivity contribution in [2.24, 2.45) is 22.7 Å². The zero-order chi connectivity index (χ0) is 17.7. The lowest BCUT2D eigenvalue weighted by Crippen LogP contribution is -2.55. The quantitative estimate of drug-likeness (QED) is 0.721. The summed E-state index contributed by atoms with van der Waals surface area (Å²) < 4.78 is 16.8. The van der Waals surface area contributed by atoms with Gasteiger partial charge in [0.25, 0.3) is 6.29 Å². The first-order valence-corrected chi connectivity index (χ1v) is 8.85. The van der Waals surface area contributed by atoms with Crippen molar-refractivity contribution in [2.75, 3.05) is 0 Å². The predicted molar refractivity (Wildman–Crippen MR) is 87.6 cm³/mol. The predicted octanol–water partition coefficient (Wildman–Crippen LogP) is 3.57. The van der Waals surface area contributed by atoms with Crippen LogP contribution >= 0.6 is 0 Å². The van der Waals surface area contributed by atoms with E-state index in [2.05, 4.69) is 20.8 Å². The summed E-state index contributed by atoms with van der Waals surface area (Å²) in [4.78, 5) is 23.1. The second-order valence-electron chi connectivity index (χ2n) is 8.44. The van der Waals surface area contributed by atoms with Gasteiger partial charge < -0.3 is 14.2 Å². The highest BCUT2D eigenvalue weighted by Gasteiger charge is 2.61. The summed E-state index contributed by atoms with van der Waals surface area (Å²) in [6, 6.07) is 0. The molecule has 1 aliphatic heterocycles. The molecule has 5 atom stereocenters. The molecular formula is C19H28O5. The van der Waals surface area contributed by atoms with Crippen molar-refractivity contribution in [3.63, 3.8) is 0 Å². The Morgan fingerprint density at radius 3 is 2.42 bits per heavy atom. The molecule has 0 aromatic carbocycles. The van der Waals surface area contributed by atoms with Gasteiger partial charge in [-0.3, -0.25) is 9.59 Å². The maximum absolute atomic E-state index is 11.6. The van der Waals surface area contributed by atoms with Crippen molar-refractivity contribution in [3.8, 4) is 0 Å². The molecule has 0 spiro atoms. The van der Waals surface area contributed by atoms with Gasteiger partial charge in [0, 0.05) is 19.4 Å². The lowest BCUT2D eigenvalue weighted by Gasteiger charge is -2.58. The number of hydrogen-bond acceptors (Lipinski definition) is 5. The van der Waals surface area contributed by atoms with Crippen molar-refractivity contribution in [2.45, 2.75) is 72.7 Å². The number of esters is 2. The molecule has 134 valence electrons. The molecule has 3 aliphatic rings. The van der Waals surface area contributed by atoms with Crippen LogP contribution in [0.5, 0.6) is 0 Å². The molecule has 0 N–H and O–H groups in total. The fourth-order valence-corrected chi connectivity index (χ4v) is 5.47. The Bertz CT molecular complexity index is 578. The molecule has 0 bridgehead atoms. The number of carbonyl (C=O) groups excluding carboxylic acids is 2. The Morgan fingerprint density at radius 2 is 1.79 bits per heavy atom. The summed E-state index contributed by atoms with van der Waals surface area (Å²) in [6.45, 7) is 9.72. The molecule has 5 heteroatoms. The van der Waals surface area contributed by atoms with Gasteiger partial charge in [-0.15, -0.1) is 0 Å². The van der Waals surface area contributed by atoms with E-state index < -0.39 is 6.29 Å². The van der Waals surface area contributed by atoms with Crippen molar-refractivity contribution < 1.29 is 23.8 Å². The molecule has 3 rings (SSSR count). The van der Waals surface area contributed by atoms with Crippen molar-refractivity contribution in [1.29, 1.82) is 0 Å². The van der Waals surface area contributed by atoms with Crippen LogP contribution in [-0.4, -0.2) is 24.3 Å². The Balaban J connectivity index is 2.00. The number of hydrogen-bond donors (Lipinski definition) is 0. The highest BCUT2D eigenvalue weighted by Crippen LogP contribution is 2.63. The SMILES string of the molecule is CC(=O)OC1CC2C(C)(C)CCCC2(C)C2C1=COC2OC(C)=O. The second kappa shape index (κ2) is 5.78. The third-order valence-electron chi connectivity index (χ3n) is 6.37. The molecule has 0 saturated heterocycles. The zero-order valence-electron chi connectivity index (χ0n) is 15.3. The molecule has 1 heterocycles. The van der Waals surface area contributed by atoms with E-state index in [4.69, 9.17) is 14.2 Å². The van der Waals surface area contributed by atoms with Gasteiger partial charge in [0.15, 0.2) is 0 Å². The number of rotatable bonds is 2. The third kappa shape index (κ3) is 2.72. The summed E-state index contributed by atoms with van der Waals surface area (Å²) >= 11 is 0. The van der Waals surface area contributed by atoms with Crippen LogP contribution in [0.3, 0.4) is 0 Å². The Kier molecular flexibility index (Phi) is 4.17. The van der Waals surface area contributed by atoms with E-state index in [1.54, 1.807) is 6.26 Å². The van der Waals surface area contributed by atoms with Gasteiger partial charge in [0.2, 0.25) is 0 Å². The summed E-state index contributed by atoms with van der Waals surface area (Å²) in [7, 11) is 0. The largest absolute Gasteiger partial charge is 0.462 e. The van der Waals surface area contributed by atoms with E-state index in [9.17, 15) is 9.59 Å². The van der Waals surface area contributed by atoms with Gasteiger partial charge >= 0.3 is 11.9 Å². The van der Waals surface area contributed by atoms with E-state index in [1.807, 2.05) is 0 Å². The van der Waals surface area contributed by atoms with Gasteiger partial charge in [-0.05, 0) is 36.0 Å². The zero-order valence-corrected chi connectivity index (χ0v) is 15.3. The first-order chi connectivity index (χ1) is 11.1. The van der Waals surface area contributed by atoms with Crippen LogP contribution in [-0.2, 0) is 23.8 Å². The maximum Gasteiger partial charge on any atom is 0.305 e. The van der Waals surface area contributed by atoms with Crippen LogP contribution in [0.1, 0.15) is 60.3 Å². The minimum atomic E-state index is -0.614. The van der Waals surface area contributed by atoms with E-state index in [0.717, 1.165) is 31.3 Å². The molecule has 2 fully saturated rings. The average Bonchev–Trinajstić information content (AvgIpc) is 2.84. The minimum absolute atomic E-state index is 0.0269. The standard InChI is InChI=1S/C19H28O5/c1-11(20)23-14-9-15-18(3,4)7-6-8-19(15,5)16-13(14)10-22-17(16)24-12(2)21/h10,14-17H,6-9H2,1-5H3. The molecule has 0 aromatic heterocycles. The van der Waals surface area contributed by atoms with Gasteiger partial charge in [-0.2, -0.15) is 0 Å². The molecule has 5 unspecified atom stereocenters. The van der Waals surface area contributed by atoms with E-state index in [-0.39, 0.29) is 34.8 Å². The number of carbonyl (C=O) groups is 2. The first kappa shape index (κ1) is 17.3. The smallest absolute Gasteiger partial charge is 0.305 e. The minimum Gasteiger partial charge on any atom is -0.462 e. The summed E-state index contributed by atoms with van der Waals surface area (Å²) in [6.07, 6.45) is 4.94. The highest BCUT2D eigenvalue weighted by molar-refractivity contribution is 5.67. The number of fused-ring (bicyclic) bond motifs is 3. The summed E-state index contributed by atoms with van der Waals surface area (Å²) in [5, 5.41) is 0. The molecule has 0 radical (unpaired) electrons. The van der Waals surface area contributed by atoms with Crippen LogP contribution in [0.4, 0.5) is 0 Å². The molecule has 0 aromatic rings. The number of ether oxygens (including phenoxy) is 3. The Labute approximate surface area is 143 Å². The molecular weight excluding hydrogens is 308 g/mol. The maximum atomic E-state index is 11.6. The normalized spacial score (nSPS) is 39.8. The van der Waals surface area contributed by atoms with E-state index >= 15 is 0 Å². The highest BCUT2D eigenvalue weighted by atomic mass is 16.7. The molecule has 2 saturated carbocycles. The van der Waals surface area contributed by atoms with Crippen molar-refractivity contribution >= 4 is 11.9 Å². The van der Waals surface area contributed by atoms with Crippen LogP contribution in [0, 0.1) is 22.7 Å².